The fourth-order valence-corrected chi connectivity index (χ4v) is 5.07. The number of nitrogens with one attached hydrogen (secondary N) is 1. The van der Waals surface area contributed by atoms with Gasteiger partial charge in [-0.2, -0.15) is 5.10 Å². The summed E-state index contributed by atoms with van der Waals surface area (Å²) < 4.78 is 3.45. The van der Waals surface area contributed by atoms with E-state index >= 15 is 0 Å². The molecule has 0 amide bonds. The van der Waals surface area contributed by atoms with E-state index in [4.69, 9.17) is 0 Å². The molecule has 2 aliphatic rings. The standard InChI is InChI=1S/C20H25N7OS/c1-12-11-13(2)26(24-12)17-9-10-18(28)27(25-17)16-7-5-15(6-8-16)21-20-23-22-19(29-20)14-3-4-14/h9-11,14-16H,3-8H2,1-2H3,(H,21,23). The van der Waals surface area contributed by atoms with E-state index in [1.54, 1.807) is 32.8 Å². The molecule has 29 heavy (non-hydrogen) atoms. The van der Waals surface area contributed by atoms with Crippen LogP contribution in [-0.4, -0.2) is 35.8 Å². The molecule has 9 heteroatoms. The maximum Gasteiger partial charge on any atom is 0.267 e. The van der Waals surface area contributed by atoms with Crippen molar-refractivity contribution in [3.8, 4) is 5.82 Å². The summed E-state index contributed by atoms with van der Waals surface area (Å²) in [5.41, 5.74) is 1.90. The zero-order valence-electron chi connectivity index (χ0n) is 16.7. The maximum atomic E-state index is 12.5. The highest BCUT2D eigenvalue weighted by atomic mass is 32.1. The molecule has 5 rings (SSSR count). The van der Waals surface area contributed by atoms with Gasteiger partial charge >= 0.3 is 0 Å². The van der Waals surface area contributed by atoms with E-state index in [2.05, 4.69) is 25.7 Å². The third-order valence-electron chi connectivity index (χ3n) is 5.77. The van der Waals surface area contributed by atoms with Gasteiger partial charge in [-0.05, 0) is 64.5 Å². The van der Waals surface area contributed by atoms with Crippen LogP contribution in [0.2, 0.25) is 0 Å². The van der Waals surface area contributed by atoms with Gasteiger partial charge in [-0.1, -0.05) is 11.3 Å². The highest BCUT2D eigenvalue weighted by molar-refractivity contribution is 7.15. The molecule has 2 aliphatic carbocycles. The Morgan fingerprint density at radius 1 is 1.03 bits per heavy atom. The van der Waals surface area contributed by atoms with Crippen LogP contribution in [0.3, 0.4) is 0 Å². The van der Waals surface area contributed by atoms with E-state index in [0.717, 1.165) is 47.2 Å². The first-order chi connectivity index (χ1) is 14.1. The molecule has 0 bridgehead atoms. The van der Waals surface area contributed by atoms with Gasteiger partial charge < -0.3 is 5.32 Å². The van der Waals surface area contributed by atoms with Crippen LogP contribution in [0.4, 0.5) is 5.13 Å². The fraction of sp³-hybridized carbons (Fsp3) is 0.550. The molecule has 1 N–H and O–H groups in total. The summed E-state index contributed by atoms with van der Waals surface area (Å²) in [4.78, 5) is 12.5. The molecule has 3 aromatic heterocycles. The van der Waals surface area contributed by atoms with Gasteiger partial charge in [0.2, 0.25) is 5.13 Å². The molecule has 0 aliphatic heterocycles. The summed E-state index contributed by atoms with van der Waals surface area (Å²) in [5, 5.41) is 23.4. The van der Waals surface area contributed by atoms with E-state index in [-0.39, 0.29) is 11.6 Å². The summed E-state index contributed by atoms with van der Waals surface area (Å²) in [6.45, 7) is 3.95. The molecule has 3 heterocycles. The number of anilines is 1. The Hall–Kier alpha value is -2.55. The minimum absolute atomic E-state index is 0.0510. The first-order valence-corrected chi connectivity index (χ1v) is 11.1. The largest absolute Gasteiger partial charge is 0.357 e. The number of hydrogen-bond acceptors (Lipinski definition) is 7. The minimum Gasteiger partial charge on any atom is -0.357 e. The number of nitrogens with zero attached hydrogens (tertiary/aromatic N) is 6. The highest BCUT2D eigenvalue weighted by Crippen LogP contribution is 2.42. The SMILES string of the molecule is Cc1cc(C)n(-c2ccc(=O)n(C3CCC(Nc4nnc(C5CC5)s4)CC3)n2)n1. The van der Waals surface area contributed by atoms with Crippen molar-refractivity contribution >= 4 is 16.5 Å². The van der Waals surface area contributed by atoms with E-state index in [0.29, 0.717) is 17.8 Å². The summed E-state index contributed by atoms with van der Waals surface area (Å²) >= 11 is 1.69. The second-order valence-electron chi connectivity index (χ2n) is 8.18. The topological polar surface area (TPSA) is 90.5 Å². The molecular weight excluding hydrogens is 386 g/mol. The van der Waals surface area contributed by atoms with Crippen LogP contribution in [0.15, 0.2) is 23.0 Å². The van der Waals surface area contributed by atoms with Gasteiger partial charge in [-0.15, -0.1) is 15.3 Å². The normalized spacial score (nSPS) is 22.0. The molecule has 0 spiro atoms. The number of hydrogen-bond donors (Lipinski definition) is 1. The number of aryl methyl sites for hydroxylation is 2. The second kappa shape index (κ2) is 7.37. The average Bonchev–Trinajstić information content (AvgIpc) is 3.37. The maximum absolute atomic E-state index is 12.5. The molecule has 0 saturated heterocycles. The number of aromatic nitrogens is 6. The molecule has 8 nitrogen and oxygen atoms in total. The first-order valence-electron chi connectivity index (χ1n) is 10.3. The lowest BCUT2D eigenvalue weighted by atomic mass is 9.91. The fourth-order valence-electron chi connectivity index (χ4n) is 4.08. The lowest BCUT2D eigenvalue weighted by Crippen LogP contribution is -2.33. The molecule has 152 valence electrons. The van der Waals surface area contributed by atoms with Crippen molar-refractivity contribution in [2.75, 3.05) is 5.32 Å². The van der Waals surface area contributed by atoms with Gasteiger partial charge in [0.05, 0.1) is 11.7 Å². The lowest BCUT2D eigenvalue weighted by Gasteiger charge is -2.29. The van der Waals surface area contributed by atoms with Crippen LogP contribution in [0.25, 0.3) is 5.82 Å². The summed E-state index contributed by atoms with van der Waals surface area (Å²) in [6.07, 6.45) is 6.30. The van der Waals surface area contributed by atoms with Crippen molar-refractivity contribution < 1.29 is 0 Å². The molecule has 0 aromatic carbocycles. The quantitative estimate of drug-likeness (QED) is 0.692. The number of rotatable bonds is 5. The zero-order valence-corrected chi connectivity index (χ0v) is 17.5. The zero-order chi connectivity index (χ0) is 20.0. The Morgan fingerprint density at radius 3 is 2.52 bits per heavy atom. The molecule has 0 atom stereocenters. The molecular formula is C20H25N7OS. The van der Waals surface area contributed by atoms with Gasteiger partial charge in [0, 0.05) is 23.7 Å². The van der Waals surface area contributed by atoms with Crippen molar-refractivity contribution in [3.63, 3.8) is 0 Å². The summed E-state index contributed by atoms with van der Waals surface area (Å²) in [5.74, 6) is 1.34. The molecule has 0 radical (unpaired) electrons. The van der Waals surface area contributed by atoms with Crippen molar-refractivity contribution in [3.05, 3.63) is 44.9 Å². The van der Waals surface area contributed by atoms with Crippen LogP contribution in [0.5, 0.6) is 0 Å². The third kappa shape index (κ3) is 3.83. The summed E-state index contributed by atoms with van der Waals surface area (Å²) in [6, 6.07) is 5.85. The molecule has 2 fully saturated rings. The van der Waals surface area contributed by atoms with Crippen LogP contribution in [-0.2, 0) is 0 Å². The van der Waals surface area contributed by atoms with Crippen LogP contribution in [0, 0.1) is 13.8 Å². The van der Waals surface area contributed by atoms with Crippen molar-refractivity contribution in [2.24, 2.45) is 0 Å². The van der Waals surface area contributed by atoms with Crippen LogP contribution >= 0.6 is 11.3 Å². The van der Waals surface area contributed by atoms with Gasteiger partial charge in [-0.3, -0.25) is 4.79 Å². The van der Waals surface area contributed by atoms with Gasteiger partial charge in [0.1, 0.15) is 5.01 Å². The van der Waals surface area contributed by atoms with Crippen LogP contribution < -0.4 is 10.9 Å². The molecule has 2 saturated carbocycles. The van der Waals surface area contributed by atoms with Gasteiger partial charge in [-0.25, -0.2) is 9.36 Å². The van der Waals surface area contributed by atoms with E-state index in [1.807, 2.05) is 19.9 Å². The van der Waals surface area contributed by atoms with Gasteiger partial charge in [0.25, 0.3) is 5.56 Å². The Labute approximate surface area is 173 Å². The van der Waals surface area contributed by atoms with E-state index in [9.17, 15) is 4.79 Å². The van der Waals surface area contributed by atoms with Crippen molar-refractivity contribution in [1.29, 1.82) is 0 Å². The van der Waals surface area contributed by atoms with Crippen LogP contribution in [0.1, 0.15) is 66.9 Å². The van der Waals surface area contributed by atoms with Gasteiger partial charge in [0.15, 0.2) is 5.82 Å². The predicted octanol–water partition coefficient (Wildman–Crippen LogP) is 3.37. The Morgan fingerprint density at radius 2 is 1.83 bits per heavy atom. The monoisotopic (exact) mass is 411 g/mol. The first kappa shape index (κ1) is 18.5. The van der Waals surface area contributed by atoms with Crippen molar-refractivity contribution in [1.82, 2.24) is 29.8 Å². The van der Waals surface area contributed by atoms with Crippen molar-refractivity contribution in [2.45, 2.75) is 70.4 Å². The lowest BCUT2D eigenvalue weighted by molar-refractivity contribution is 0.302. The van der Waals surface area contributed by atoms with E-state index < -0.39 is 0 Å². The second-order valence-corrected chi connectivity index (χ2v) is 9.19. The minimum atomic E-state index is -0.0510. The Balaban J connectivity index is 1.27. The molecule has 0 unspecified atom stereocenters. The summed E-state index contributed by atoms with van der Waals surface area (Å²) in [7, 11) is 0. The average molecular weight is 412 g/mol. The molecule has 3 aromatic rings. The highest BCUT2D eigenvalue weighted by Gasteiger charge is 2.29. The third-order valence-corrected chi connectivity index (χ3v) is 6.79. The Kier molecular flexibility index (Phi) is 4.69. The Bertz CT molecular complexity index is 1070. The van der Waals surface area contributed by atoms with E-state index in [1.165, 1.54) is 12.8 Å². The smallest absolute Gasteiger partial charge is 0.267 e. The predicted molar refractivity (Wildman–Crippen MR) is 112 cm³/mol.